The third-order valence-corrected chi connectivity index (χ3v) is 2.54. The smallest absolute Gasteiger partial charge is 0.143 e. The first-order valence-corrected chi connectivity index (χ1v) is 5.54. The van der Waals surface area contributed by atoms with Crippen LogP contribution in [0.2, 0.25) is 5.02 Å². The Bertz CT molecular complexity index is 536. The van der Waals surface area contributed by atoms with Gasteiger partial charge >= 0.3 is 0 Å². The molecule has 2 aromatic rings. The Morgan fingerprint density at radius 3 is 2.94 bits per heavy atom. The average Bonchev–Trinajstić information content (AvgIpc) is 2.85. The maximum Gasteiger partial charge on any atom is 0.143 e. The van der Waals surface area contributed by atoms with E-state index in [4.69, 9.17) is 28.9 Å². The lowest BCUT2D eigenvalue weighted by atomic mass is 10.3. The molecular weight excluding hydrogens is 263 g/mol. The first-order chi connectivity index (χ1) is 8.20. The lowest BCUT2D eigenvalue weighted by Crippen LogP contribution is -2.12. The number of amidine groups is 1. The van der Waals surface area contributed by atoms with Crippen LogP contribution in [0.25, 0.3) is 5.69 Å². The lowest BCUT2D eigenvalue weighted by Gasteiger charge is -2.03. The molecule has 0 bridgehead atoms. The minimum Gasteiger partial charge on any atom is -0.386 e. The minimum atomic E-state index is 0.144. The molecule has 2 rings (SSSR count). The average molecular weight is 271 g/mol. The van der Waals surface area contributed by atoms with Crippen molar-refractivity contribution in [3.8, 4) is 5.69 Å². The second-order valence-corrected chi connectivity index (χ2v) is 3.80. The zero-order valence-corrected chi connectivity index (χ0v) is 10.1. The van der Waals surface area contributed by atoms with Crippen molar-refractivity contribution in [1.29, 1.82) is 0 Å². The summed E-state index contributed by atoms with van der Waals surface area (Å²) in [5.74, 6) is 0.438. The van der Waals surface area contributed by atoms with E-state index in [-0.39, 0.29) is 5.88 Å². The number of benzene rings is 1. The summed E-state index contributed by atoms with van der Waals surface area (Å²) in [6, 6.07) is 5.19. The highest BCUT2D eigenvalue weighted by Crippen LogP contribution is 2.27. The summed E-state index contributed by atoms with van der Waals surface area (Å²) < 4.78 is 1.49. The van der Waals surface area contributed by atoms with Gasteiger partial charge in [0.15, 0.2) is 0 Å². The summed E-state index contributed by atoms with van der Waals surface area (Å²) in [4.78, 5) is 4.10. The molecule has 8 heteroatoms. The number of hydrogen-bond acceptors (Lipinski definition) is 4. The number of aromatic nitrogens is 4. The maximum absolute atomic E-state index is 5.99. The Hall–Kier alpha value is -1.66. The molecule has 0 amide bonds. The largest absolute Gasteiger partial charge is 0.386 e. The van der Waals surface area contributed by atoms with Crippen LogP contribution in [-0.4, -0.2) is 31.9 Å². The summed E-state index contributed by atoms with van der Waals surface area (Å²) >= 11 is 11.5. The molecule has 17 heavy (non-hydrogen) atoms. The van der Waals surface area contributed by atoms with Crippen molar-refractivity contribution in [2.24, 2.45) is 10.7 Å². The summed E-state index contributed by atoms with van der Waals surface area (Å²) in [6.07, 6.45) is 1.47. The Labute approximate surface area is 107 Å². The molecule has 0 fully saturated rings. The van der Waals surface area contributed by atoms with E-state index in [2.05, 4.69) is 20.5 Å². The van der Waals surface area contributed by atoms with E-state index in [9.17, 15) is 0 Å². The van der Waals surface area contributed by atoms with Crippen molar-refractivity contribution in [3.63, 3.8) is 0 Å². The van der Waals surface area contributed by atoms with E-state index in [0.717, 1.165) is 5.69 Å². The van der Waals surface area contributed by atoms with Crippen LogP contribution in [0.3, 0.4) is 0 Å². The number of rotatable bonds is 3. The van der Waals surface area contributed by atoms with Gasteiger partial charge in [0.25, 0.3) is 0 Å². The van der Waals surface area contributed by atoms with E-state index in [1.807, 2.05) is 0 Å². The van der Waals surface area contributed by atoms with Gasteiger partial charge in [-0.3, -0.25) is 0 Å². The van der Waals surface area contributed by atoms with Crippen LogP contribution < -0.4 is 5.73 Å². The van der Waals surface area contributed by atoms with Gasteiger partial charge < -0.3 is 5.73 Å². The Morgan fingerprint density at radius 2 is 2.29 bits per heavy atom. The van der Waals surface area contributed by atoms with Crippen LogP contribution in [0.4, 0.5) is 5.69 Å². The van der Waals surface area contributed by atoms with Gasteiger partial charge in [-0.1, -0.05) is 11.6 Å². The SMILES string of the molecule is NC(CCl)=Nc1cc(-n2cnnn2)ccc1Cl. The Balaban J connectivity index is 2.43. The van der Waals surface area contributed by atoms with Gasteiger partial charge in [0.2, 0.25) is 0 Å². The molecule has 0 radical (unpaired) electrons. The van der Waals surface area contributed by atoms with Crippen molar-refractivity contribution in [2.45, 2.75) is 0 Å². The molecule has 0 aliphatic rings. The first-order valence-electron chi connectivity index (χ1n) is 4.62. The van der Waals surface area contributed by atoms with Crippen molar-refractivity contribution < 1.29 is 0 Å². The summed E-state index contributed by atoms with van der Waals surface area (Å²) in [5.41, 5.74) is 6.82. The highest BCUT2D eigenvalue weighted by Gasteiger charge is 2.04. The van der Waals surface area contributed by atoms with Gasteiger partial charge in [0.1, 0.15) is 12.2 Å². The lowest BCUT2D eigenvalue weighted by molar-refractivity contribution is 0.789. The van der Waals surface area contributed by atoms with E-state index in [1.54, 1.807) is 18.2 Å². The van der Waals surface area contributed by atoms with E-state index >= 15 is 0 Å². The molecular formula is C9H8Cl2N6. The highest BCUT2D eigenvalue weighted by atomic mass is 35.5. The second kappa shape index (κ2) is 5.11. The standard InChI is InChI=1S/C9H8Cl2N6/c10-4-9(12)14-8-3-6(1-2-7(8)11)17-5-13-15-16-17/h1-3,5H,4H2,(H2,12,14). The van der Waals surface area contributed by atoms with Crippen molar-refractivity contribution in [3.05, 3.63) is 29.5 Å². The molecule has 1 aromatic carbocycles. The van der Waals surface area contributed by atoms with Gasteiger partial charge in [0, 0.05) is 0 Å². The fourth-order valence-electron chi connectivity index (χ4n) is 1.19. The molecule has 2 N–H and O–H groups in total. The second-order valence-electron chi connectivity index (χ2n) is 3.13. The van der Waals surface area contributed by atoms with Crippen LogP contribution in [0, 0.1) is 0 Å². The van der Waals surface area contributed by atoms with Crippen LogP contribution >= 0.6 is 23.2 Å². The number of tetrazole rings is 1. The summed E-state index contributed by atoms with van der Waals surface area (Å²) in [7, 11) is 0. The van der Waals surface area contributed by atoms with Crippen molar-refractivity contribution >= 4 is 34.7 Å². The van der Waals surface area contributed by atoms with E-state index in [0.29, 0.717) is 16.5 Å². The number of nitrogens with zero attached hydrogens (tertiary/aromatic N) is 5. The van der Waals surface area contributed by atoms with Crippen LogP contribution in [0.5, 0.6) is 0 Å². The number of aliphatic imine (C=N–C) groups is 1. The number of hydrogen-bond donors (Lipinski definition) is 1. The van der Waals surface area contributed by atoms with Gasteiger partial charge in [0.05, 0.1) is 22.3 Å². The quantitative estimate of drug-likeness (QED) is 0.521. The molecule has 0 atom stereocenters. The van der Waals surface area contributed by atoms with E-state index < -0.39 is 0 Å². The number of halogens is 2. The topological polar surface area (TPSA) is 82.0 Å². The molecule has 0 saturated carbocycles. The van der Waals surface area contributed by atoms with E-state index in [1.165, 1.54) is 11.0 Å². The summed E-state index contributed by atoms with van der Waals surface area (Å²) in [6.45, 7) is 0. The normalized spacial score (nSPS) is 11.8. The monoisotopic (exact) mass is 270 g/mol. The molecule has 88 valence electrons. The van der Waals surface area contributed by atoms with Gasteiger partial charge in [-0.25, -0.2) is 9.67 Å². The van der Waals surface area contributed by atoms with Crippen molar-refractivity contribution in [2.75, 3.05) is 5.88 Å². The van der Waals surface area contributed by atoms with Crippen LogP contribution in [0.15, 0.2) is 29.5 Å². The third-order valence-electron chi connectivity index (χ3n) is 1.94. The number of nitrogens with two attached hydrogens (primary N) is 1. The van der Waals surface area contributed by atoms with Crippen molar-refractivity contribution in [1.82, 2.24) is 20.2 Å². The Morgan fingerprint density at radius 1 is 1.47 bits per heavy atom. The van der Waals surface area contributed by atoms with Crippen LogP contribution in [-0.2, 0) is 0 Å². The van der Waals surface area contributed by atoms with Gasteiger partial charge in [-0.15, -0.1) is 16.7 Å². The van der Waals surface area contributed by atoms with Gasteiger partial charge in [-0.2, -0.15) is 0 Å². The molecule has 0 spiro atoms. The first kappa shape index (κ1) is 11.8. The predicted molar refractivity (Wildman–Crippen MR) is 66.2 cm³/mol. The third kappa shape index (κ3) is 2.72. The molecule has 0 saturated heterocycles. The van der Waals surface area contributed by atoms with Crippen LogP contribution in [0.1, 0.15) is 0 Å². The molecule has 1 aromatic heterocycles. The molecule has 1 heterocycles. The maximum atomic E-state index is 5.99. The van der Waals surface area contributed by atoms with Gasteiger partial charge in [-0.05, 0) is 28.6 Å². The summed E-state index contributed by atoms with van der Waals surface area (Å²) in [5, 5.41) is 11.3. The highest BCUT2D eigenvalue weighted by molar-refractivity contribution is 6.33. The Kier molecular flexibility index (Phi) is 3.55. The minimum absolute atomic E-state index is 0.144. The molecule has 6 nitrogen and oxygen atoms in total. The number of alkyl halides is 1. The fraction of sp³-hybridized carbons (Fsp3) is 0.111. The molecule has 0 aliphatic heterocycles. The molecule has 0 aliphatic carbocycles. The fourth-order valence-corrected chi connectivity index (χ4v) is 1.41. The predicted octanol–water partition coefficient (Wildman–Crippen LogP) is 1.54. The zero-order valence-electron chi connectivity index (χ0n) is 8.59. The molecule has 0 unspecified atom stereocenters. The zero-order chi connectivity index (χ0) is 12.3.